The first kappa shape index (κ1) is 15.5. The highest BCUT2D eigenvalue weighted by molar-refractivity contribution is 5.79. The van der Waals surface area contributed by atoms with Crippen molar-refractivity contribution in [3.63, 3.8) is 0 Å². The molecule has 2 N–H and O–H groups in total. The molecule has 1 fully saturated rings. The van der Waals surface area contributed by atoms with E-state index in [0.29, 0.717) is 12.1 Å². The summed E-state index contributed by atoms with van der Waals surface area (Å²) in [6.07, 6.45) is 5.70. The molecule has 0 aromatic heterocycles. The molecule has 106 valence electrons. The zero-order valence-corrected chi connectivity index (χ0v) is 12.5. The number of carbonyl (C=O) groups is 1. The third-order valence-electron chi connectivity index (χ3n) is 3.84. The second-order valence-electron chi connectivity index (χ2n) is 6.32. The van der Waals surface area contributed by atoms with Gasteiger partial charge in [-0.25, -0.2) is 0 Å². The summed E-state index contributed by atoms with van der Waals surface area (Å²) in [6, 6.07) is 0.883. The minimum Gasteiger partial charge on any atom is -0.353 e. The Balaban J connectivity index is 2.18. The van der Waals surface area contributed by atoms with Crippen molar-refractivity contribution in [3.8, 4) is 0 Å². The van der Waals surface area contributed by atoms with Crippen molar-refractivity contribution in [3.05, 3.63) is 0 Å². The summed E-state index contributed by atoms with van der Waals surface area (Å²) in [4.78, 5) is 12.1. The Morgan fingerprint density at radius 1 is 1.28 bits per heavy atom. The quantitative estimate of drug-likeness (QED) is 0.765. The lowest BCUT2D eigenvalue weighted by atomic mass is 9.94. The number of piperidine rings is 1. The largest absolute Gasteiger partial charge is 0.353 e. The molecule has 3 unspecified atom stereocenters. The molecular formula is C15H30N2O. The average Bonchev–Trinajstić information content (AvgIpc) is 2.29. The van der Waals surface area contributed by atoms with Crippen LogP contribution in [0.25, 0.3) is 0 Å². The molecule has 0 aromatic carbocycles. The van der Waals surface area contributed by atoms with E-state index in [0.717, 1.165) is 31.7 Å². The zero-order valence-electron chi connectivity index (χ0n) is 12.5. The molecular weight excluding hydrogens is 224 g/mol. The van der Waals surface area contributed by atoms with Gasteiger partial charge in [0.25, 0.3) is 0 Å². The number of carbonyl (C=O) groups excluding carboxylic acids is 1. The van der Waals surface area contributed by atoms with Gasteiger partial charge in [-0.15, -0.1) is 0 Å². The lowest BCUT2D eigenvalue weighted by Crippen LogP contribution is -2.46. The maximum Gasteiger partial charge on any atom is 0.224 e. The lowest BCUT2D eigenvalue weighted by Gasteiger charge is -2.28. The number of amides is 1. The molecule has 1 aliphatic rings. The van der Waals surface area contributed by atoms with Crippen LogP contribution in [0, 0.1) is 11.8 Å². The van der Waals surface area contributed by atoms with E-state index < -0.39 is 0 Å². The van der Waals surface area contributed by atoms with Gasteiger partial charge >= 0.3 is 0 Å². The van der Waals surface area contributed by atoms with Crippen LogP contribution in [-0.2, 0) is 4.79 Å². The normalized spacial score (nSPS) is 26.1. The third-order valence-corrected chi connectivity index (χ3v) is 3.84. The van der Waals surface area contributed by atoms with Crippen LogP contribution in [0.1, 0.15) is 59.8 Å². The van der Waals surface area contributed by atoms with E-state index in [1.54, 1.807) is 0 Å². The first-order valence-electron chi connectivity index (χ1n) is 7.52. The Kier molecular flexibility index (Phi) is 6.69. The lowest BCUT2D eigenvalue weighted by molar-refractivity contribution is -0.126. The molecule has 0 aromatic rings. The molecule has 3 heteroatoms. The van der Waals surface area contributed by atoms with Crippen molar-refractivity contribution in [2.75, 3.05) is 6.54 Å². The summed E-state index contributed by atoms with van der Waals surface area (Å²) >= 11 is 0. The molecule has 3 atom stereocenters. The van der Waals surface area contributed by atoms with Gasteiger partial charge in [0.15, 0.2) is 0 Å². The second kappa shape index (κ2) is 7.78. The Labute approximate surface area is 112 Å². The minimum absolute atomic E-state index is 0.175. The van der Waals surface area contributed by atoms with Crippen LogP contribution in [0.15, 0.2) is 0 Å². The van der Waals surface area contributed by atoms with Crippen molar-refractivity contribution in [1.29, 1.82) is 0 Å². The Bertz CT molecular complexity index is 245. The number of rotatable bonds is 6. The van der Waals surface area contributed by atoms with Crippen LogP contribution in [0.3, 0.4) is 0 Å². The fourth-order valence-electron chi connectivity index (χ4n) is 2.49. The smallest absolute Gasteiger partial charge is 0.224 e. The summed E-state index contributed by atoms with van der Waals surface area (Å²) in [5, 5.41) is 6.54. The van der Waals surface area contributed by atoms with Gasteiger partial charge in [-0.05, 0) is 39.0 Å². The first-order chi connectivity index (χ1) is 8.49. The molecule has 0 aliphatic carbocycles. The molecule has 3 nitrogen and oxygen atoms in total. The maximum absolute atomic E-state index is 12.1. The van der Waals surface area contributed by atoms with Crippen molar-refractivity contribution < 1.29 is 4.79 Å². The summed E-state index contributed by atoms with van der Waals surface area (Å²) in [5.74, 6) is 1.18. The van der Waals surface area contributed by atoms with Gasteiger partial charge in [-0.1, -0.05) is 26.7 Å². The predicted molar refractivity (Wildman–Crippen MR) is 76.5 cm³/mol. The standard InChI is InChI=1S/C15H30N2O/c1-11(2)6-5-7-13(4)17-15(18)14-9-8-12(3)16-10-14/h11-14,16H,5-10H2,1-4H3,(H,17,18). The summed E-state index contributed by atoms with van der Waals surface area (Å²) in [6.45, 7) is 9.64. The molecule has 1 aliphatic heterocycles. The summed E-state index contributed by atoms with van der Waals surface area (Å²) < 4.78 is 0. The molecule has 1 rings (SSSR count). The Hall–Kier alpha value is -0.570. The zero-order chi connectivity index (χ0) is 13.5. The highest BCUT2D eigenvalue weighted by Gasteiger charge is 2.24. The van der Waals surface area contributed by atoms with Gasteiger partial charge in [0, 0.05) is 18.6 Å². The first-order valence-corrected chi connectivity index (χ1v) is 7.52. The van der Waals surface area contributed by atoms with E-state index in [1.807, 2.05) is 0 Å². The van der Waals surface area contributed by atoms with Gasteiger partial charge in [-0.3, -0.25) is 4.79 Å². The Morgan fingerprint density at radius 2 is 2.00 bits per heavy atom. The van der Waals surface area contributed by atoms with Crippen LogP contribution in [0.4, 0.5) is 0 Å². The monoisotopic (exact) mass is 254 g/mol. The van der Waals surface area contributed by atoms with Crippen LogP contribution >= 0.6 is 0 Å². The van der Waals surface area contributed by atoms with Gasteiger partial charge in [0.1, 0.15) is 0 Å². The van der Waals surface area contributed by atoms with Crippen LogP contribution in [0.5, 0.6) is 0 Å². The topological polar surface area (TPSA) is 41.1 Å². The minimum atomic E-state index is 0.175. The summed E-state index contributed by atoms with van der Waals surface area (Å²) in [5.41, 5.74) is 0. The number of hydrogen-bond donors (Lipinski definition) is 2. The molecule has 0 bridgehead atoms. The fraction of sp³-hybridized carbons (Fsp3) is 0.933. The molecule has 1 saturated heterocycles. The van der Waals surface area contributed by atoms with E-state index in [1.165, 1.54) is 12.8 Å². The van der Waals surface area contributed by atoms with Gasteiger partial charge in [-0.2, -0.15) is 0 Å². The number of nitrogens with one attached hydrogen (secondary N) is 2. The maximum atomic E-state index is 12.1. The second-order valence-corrected chi connectivity index (χ2v) is 6.32. The van der Waals surface area contributed by atoms with Gasteiger partial charge < -0.3 is 10.6 Å². The van der Waals surface area contributed by atoms with Crippen molar-refractivity contribution in [2.45, 2.75) is 71.9 Å². The average molecular weight is 254 g/mol. The van der Waals surface area contributed by atoms with Crippen LogP contribution in [0.2, 0.25) is 0 Å². The number of hydrogen-bond acceptors (Lipinski definition) is 2. The highest BCUT2D eigenvalue weighted by atomic mass is 16.1. The molecule has 0 spiro atoms. The molecule has 1 heterocycles. The van der Waals surface area contributed by atoms with E-state index in [-0.39, 0.29) is 11.8 Å². The summed E-state index contributed by atoms with van der Waals surface area (Å²) in [7, 11) is 0. The van der Waals surface area contributed by atoms with Crippen molar-refractivity contribution >= 4 is 5.91 Å². The molecule has 18 heavy (non-hydrogen) atoms. The van der Waals surface area contributed by atoms with E-state index in [9.17, 15) is 4.79 Å². The predicted octanol–water partition coefficient (Wildman–Crippen LogP) is 2.71. The third kappa shape index (κ3) is 5.85. The van der Waals surface area contributed by atoms with E-state index >= 15 is 0 Å². The molecule has 0 saturated carbocycles. The highest BCUT2D eigenvalue weighted by Crippen LogP contribution is 2.15. The fourth-order valence-corrected chi connectivity index (χ4v) is 2.49. The van der Waals surface area contributed by atoms with Crippen molar-refractivity contribution in [2.24, 2.45) is 11.8 Å². The Morgan fingerprint density at radius 3 is 2.56 bits per heavy atom. The molecule has 0 radical (unpaired) electrons. The molecule has 1 amide bonds. The van der Waals surface area contributed by atoms with E-state index in [4.69, 9.17) is 0 Å². The van der Waals surface area contributed by atoms with Crippen LogP contribution in [-0.4, -0.2) is 24.5 Å². The van der Waals surface area contributed by atoms with Gasteiger partial charge in [0.2, 0.25) is 5.91 Å². The van der Waals surface area contributed by atoms with E-state index in [2.05, 4.69) is 38.3 Å². The SMILES string of the molecule is CC(C)CCCC(C)NC(=O)C1CCC(C)NC1. The van der Waals surface area contributed by atoms with Gasteiger partial charge in [0.05, 0.1) is 5.92 Å². The van der Waals surface area contributed by atoms with Crippen LogP contribution < -0.4 is 10.6 Å². The van der Waals surface area contributed by atoms with Crippen molar-refractivity contribution in [1.82, 2.24) is 10.6 Å².